The predicted molar refractivity (Wildman–Crippen MR) is 78.1 cm³/mol. The Labute approximate surface area is 117 Å². The molecule has 0 spiro atoms. The van der Waals surface area contributed by atoms with E-state index in [1.54, 1.807) is 18.9 Å². The molecular formula is C15H30N2O2. The number of hydrogen-bond acceptors (Lipinski definition) is 2. The molecule has 1 saturated carbocycles. The van der Waals surface area contributed by atoms with Gasteiger partial charge in [0.25, 0.3) is 0 Å². The van der Waals surface area contributed by atoms with Gasteiger partial charge in [-0.15, -0.1) is 0 Å². The van der Waals surface area contributed by atoms with Crippen LogP contribution in [0.1, 0.15) is 52.4 Å². The van der Waals surface area contributed by atoms with Crippen molar-refractivity contribution in [3.05, 3.63) is 0 Å². The van der Waals surface area contributed by atoms with Crippen LogP contribution in [-0.2, 0) is 0 Å². The summed E-state index contributed by atoms with van der Waals surface area (Å²) in [6.45, 7) is 5.45. The fraction of sp³-hybridized carbons (Fsp3) is 0.933. The van der Waals surface area contributed by atoms with Crippen LogP contribution in [0.15, 0.2) is 0 Å². The summed E-state index contributed by atoms with van der Waals surface area (Å²) in [5, 5.41) is 12.2. The molecule has 4 nitrogen and oxygen atoms in total. The van der Waals surface area contributed by atoms with Crippen molar-refractivity contribution in [2.75, 3.05) is 20.1 Å². The van der Waals surface area contributed by atoms with Crippen LogP contribution in [0.5, 0.6) is 0 Å². The number of carbonyl (C=O) groups excluding carboxylic acids is 1. The first-order valence-electron chi connectivity index (χ1n) is 7.66. The van der Waals surface area contributed by atoms with Crippen LogP contribution in [0.25, 0.3) is 0 Å². The molecule has 2 amide bonds. The van der Waals surface area contributed by atoms with Gasteiger partial charge in [-0.3, -0.25) is 0 Å². The van der Waals surface area contributed by atoms with Crippen molar-refractivity contribution in [3.8, 4) is 0 Å². The summed E-state index contributed by atoms with van der Waals surface area (Å²) in [5.41, 5.74) is 0. The maximum absolute atomic E-state index is 11.8. The molecule has 3 unspecified atom stereocenters. The quantitative estimate of drug-likeness (QED) is 0.779. The van der Waals surface area contributed by atoms with E-state index in [1.165, 1.54) is 25.7 Å². The first-order chi connectivity index (χ1) is 8.99. The second-order valence-electron chi connectivity index (χ2n) is 6.22. The Balaban J connectivity index is 2.12. The molecule has 112 valence electrons. The molecule has 4 heteroatoms. The lowest BCUT2D eigenvalue weighted by atomic mass is 9.81. The lowest BCUT2D eigenvalue weighted by Crippen LogP contribution is -2.39. The van der Waals surface area contributed by atoms with Crippen molar-refractivity contribution >= 4 is 6.03 Å². The predicted octanol–water partition coefficient (Wildman–Crippen LogP) is 2.62. The number of nitrogens with zero attached hydrogens (tertiary/aromatic N) is 1. The maximum Gasteiger partial charge on any atom is 0.317 e. The molecule has 0 radical (unpaired) electrons. The molecule has 2 N–H and O–H groups in total. The monoisotopic (exact) mass is 270 g/mol. The van der Waals surface area contributed by atoms with Crippen LogP contribution in [0.2, 0.25) is 0 Å². The van der Waals surface area contributed by atoms with Gasteiger partial charge in [-0.05, 0) is 38.0 Å². The van der Waals surface area contributed by atoms with Crippen LogP contribution >= 0.6 is 0 Å². The van der Waals surface area contributed by atoms with Crippen molar-refractivity contribution in [2.24, 2.45) is 11.8 Å². The van der Waals surface area contributed by atoms with E-state index in [-0.39, 0.29) is 12.1 Å². The van der Waals surface area contributed by atoms with Crippen molar-refractivity contribution in [3.63, 3.8) is 0 Å². The highest BCUT2D eigenvalue weighted by Gasteiger charge is 2.18. The van der Waals surface area contributed by atoms with Crippen LogP contribution in [0, 0.1) is 11.8 Å². The summed E-state index contributed by atoms with van der Waals surface area (Å²) in [7, 11) is 1.78. The Hall–Kier alpha value is -0.770. The van der Waals surface area contributed by atoms with Crippen LogP contribution in [-0.4, -0.2) is 42.3 Å². The summed E-state index contributed by atoms with van der Waals surface area (Å²) < 4.78 is 0. The van der Waals surface area contributed by atoms with Gasteiger partial charge in [0.05, 0.1) is 6.10 Å². The lowest BCUT2D eigenvalue weighted by Gasteiger charge is -2.27. The number of aliphatic hydroxyl groups excluding tert-OH is 1. The molecule has 1 aliphatic carbocycles. The van der Waals surface area contributed by atoms with E-state index in [4.69, 9.17) is 0 Å². The normalized spacial score (nSPS) is 24.8. The Bertz CT molecular complexity index is 269. The second-order valence-corrected chi connectivity index (χ2v) is 6.22. The Morgan fingerprint density at radius 2 is 2.21 bits per heavy atom. The zero-order chi connectivity index (χ0) is 14.3. The molecule has 0 aromatic rings. The van der Waals surface area contributed by atoms with Crippen molar-refractivity contribution in [2.45, 2.75) is 58.5 Å². The number of rotatable bonds is 6. The number of aliphatic hydroxyl groups is 1. The summed E-state index contributed by atoms with van der Waals surface area (Å²) in [5.74, 6) is 1.63. The fourth-order valence-electron chi connectivity index (χ4n) is 2.82. The van der Waals surface area contributed by atoms with Gasteiger partial charge >= 0.3 is 6.03 Å². The average molecular weight is 270 g/mol. The largest absolute Gasteiger partial charge is 0.393 e. The highest BCUT2D eigenvalue weighted by molar-refractivity contribution is 5.73. The Kier molecular flexibility index (Phi) is 7.21. The third-order valence-electron chi connectivity index (χ3n) is 4.10. The molecule has 0 aromatic heterocycles. The van der Waals surface area contributed by atoms with E-state index in [1.807, 2.05) is 0 Å². The van der Waals surface area contributed by atoms with Crippen molar-refractivity contribution in [1.29, 1.82) is 0 Å². The van der Waals surface area contributed by atoms with E-state index in [9.17, 15) is 9.90 Å². The van der Waals surface area contributed by atoms with Gasteiger partial charge in [0, 0.05) is 20.1 Å². The molecular weight excluding hydrogens is 240 g/mol. The van der Waals surface area contributed by atoms with E-state index in [2.05, 4.69) is 12.2 Å². The molecule has 0 bridgehead atoms. The van der Waals surface area contributed by atoms with Crippen LogP contribution in [0.3, 0.4) is 0 Å². The number of nitrogens with one attached hydrogen (secondary N) is 1. The zero-order valence-electron chi connectivity index (χ0n) is 12.7. The third-order valence-corrected chi connectivity index (χ3v) is 4.10. The smallest absolute Gasteiger partial charge is 0.317 e. The molecule has 0 heterocycles. The van der Waals surface area contributed by atoms with Crippen molar-refractivity contribution in [1.82, 2.24) is 10.2 Å². The molecule has 1 aliphatic rings. The van der Waals surface area contributed by atoms with E-state index in [0.29, 0.717) is 13.0 Å². The minimum atomic E-state index is -0.348. The van der Waals surface area contributed by atoms with Gasteiger partial charge in [0.1, 0.15) is 0 Å². The molecule has 1 rings (SSSR count). The molecule has 0 saturated heterocycles. The zero-order valence-corrected chi connectivity index (χ0v) is 12.7. The van der Waals surface area contributed by atoms with Gasteiger partial charge in [0.15, 0.2) is 0 Å². The van der Waals surface area contributed by atoms with E-state index < -0.39 is 0 Å². The molecule has 19 heavy (non-hydrogen) atoms. The molecule has 0 aliphatic heterocycles. The summed E-state index contributed by atoms with van der Waals surface area (Å²) in [4.78, 5) is 13.4. The highest BCUT2D eigenvalue weighted by atomic mass is 16.3. The standard InChI is InChI=1S/C15H30N2O2/c1-12-5-4-6-14(11-12)7-9-16-15(19)17(3)10-8-13(2)18/h12-14,18H,4-11H2,1-3H3,(H,16,19). The van der Waals surface area contributed by atoms with E-state index >= 15 is 0 Å². The molecule has 1 fully saturated rings. The average Bonchev–Trinajstić information content (AvgIpc) is 2.35. The van der Waals surface area contributed by atoms with Gasteiger partial charge in [-0.1, -0.05) is 26.2 Å². The number of amides is 2. The minimum Gasteiger partial charge on any atom is -0.393 e. The summed E-state index contributed by atoms with van der Waals surface area (Å²) >= 11 is 0. The van der Waals surface area contributed by atoms with Gasteiger partial charge in [-0.25, -0.2) is 4.79 Å². The summed E-state index contributed by atoms with van der Waals surface area (Å²) in [6.07, 6.45) is 6.72. The topological polar surface area (TPSA) is 52.6 Å². The fourth-order valence-corrected chi connectivity index (χ4v) is 2.82. The molecule has 3 atom stereocenters. The SMILES string of the molecule is CC(O)CCN(C)C(=O)NCCC1CCCC(C)C1. The maximum atomic E-state index is 11.8. The lowest BCUT2D eigenvalue weighted by molar-refractivity contribution is 0.163. The van der Waals surface area contributed by atoms with E-state index in [0.717, 1.165) is 24.8 Å². The highest BCUT2D eigenvalue weighted by Crippen LogP contribution is 2.30. The van der Waals surface area contributed by atoms with Crippen molar-refractivity contribution < 1.29 is 9.90 Å². The van der Waals surface area contributed by atoms with Gasteiger partial charge < -0.3 is 15.3 Å². The van der Waals surface area contributed by atoms with Crippen LogP contribution < -0.4 is 5.32 Å². The first kappa shape index (κ1) is 16.3. The number of hydrogen-bond donors (Lipinski definition) is 2. The Morgan fingerprint density at radius 1 is 1.47 bits per heavy atom. The number of carbonyl (C=O) groups is 1. The summed E-state index contributed by atoms with van der Waals surface area (Å²) in [6, 6.07) is -0.0236. The van der Waals surface area contributed by atoms with Gasteiger partial charge in [-0.2, -0.15) is 0 Å². The number of urea groups is 1. The Morgan fingerprint density at radius 3 is 2.84 bits per heavy atom. The first-order valence-corrected chi connectivity index (χ1v) is 7.66. The van der Waals surface area contributed by atoms with Gasteiger partial charge in [0.2, 0.25) is 0 Å². The molecule has 0 aromatic carbocycles. The third kappa shape index (κ3) is 6.81. The second kappa shape index (κ2) is 8.41. The van der Waals surface area contributed by atoms with Crippen LogP contribution in [0.4, 0.5) is 4.79 Å². The minimum absolute atomic E-state index is 0.0236.